The normalized spacial score (nSPS) is 10.2. The third-order valence-corrected chi connectivity index (χ3v) is 2.55. The van der Waals surface area contributed by atoms with Crippen LogP contribution in [0.4, 0.5) is 5.69 Å². The lowest BCUT2D eigenvalue weighted by Gasteiger charge is -1.90. The number of hydrogen-bond donors (Lipinski definition) is 1. The minimum absolute atomic E-state index is 0.131. The smallest absolute Gasteiger partial charge is 0.285 e. The Kier molecular flexibility index (Phi) is 1.82. The van der Waals surface area contributed by atoms with Crippen molar-refractivity contribution in [3.8, 4) is 10.4 Å². The zero-order valence-electron chi connectivity index (χ0n) is 6.43. The highest BCUT2D eigenvalue weighted by atomic mass is 32.1. The maximum atomic E-state index is 10.6. The fourth-order valence-corrected chi connectivity index (χ4v) is 1.88. The summed E-state index contributed by atoms with van der Waals surface area (Å²) in [5, 5.41) is 18.6. The van der Waals surface area contributed by atoms with Crippen LogP contribution in [0, 0.1) is 10.1 Å². The number of aromatic amines is 1. The summed E-state index contributed by atoms with van der Waals surface area (Å²) in [7, 11) is 0. The van der Waals surface area contributed by atoms with Crippen molar-refractivity contribution in [3.63, 3.8) is 0 Å². The van der Waals surface area contributed by atoms with E-state index in [0.29, 0.717) is 4.88 Å². The lowest BCUT2D eigenvalue weighted by Crippen LogP contribution is -1.86. The van der Waals surface area contributed by atoms with E-state index in [0.717, 1.165) is 5.56 Å². The second-order valence-electron chi connectivity index (χ2n) is 2.38. The van der Waals surface area contributed by atoms with Crippen LogP contribution < -0.4 is 0 Å². The highest BCUT2D eigenvalue weighted by Crippen LogP contribution is 2.34. The molecule has 13 heavy (non-hydrogen) atoms. The number of nitrogens with zero attached hydrogens (tertiary/aromatic N) is 2. The molecule has 0 radical (unpaired) electrons. The first-order valence-electron chi connectivity index (χ1n) is 3.50. The molecule has 2 rings (SSSR count). The average molecular weight is 195 g/mol. The van der Waals surface area contributed by atoms with E-state index in [2.05, 4.69) is 10.2 Å². The van der Waals surface area contributed by atoms with Crippen molar-refractivity contribution in [1.29, 1.82) is 0 Å². The molecule has 0 fully saturated rings. The summed E-state index contributed by atoms with van der Waals surface area (Å²) < 4.78 is 0. The van der Waals surface area contributed by atoms with E-state index >= 15 is 0 Å². The van der Waals surface area contributed by atoms with Crippen LogP contribution in [0.25, 0.3) is 10.4 Å². The van der Waals surface area contributed by atoms with Gasteiger partial charge in [0.25, 0.3) is 5.69 Å². The van der Waals surface area contributed by atoms with Crippen LogP contribution in [0.3, 0.4) is 0 Å². The first-order valence-corrected chi connectivity index (χ1v) is 4.38. The molecule has 0 aliphatic rings. The van der Waals surface area contributed by atoms with Gasteiger partial charge in [-0.15, -0.1) is 11.3 Å². The van der Waals surface area contributed by atoms with Crippen LogP contribution in [0.5, 0.6) is 0 Å². The number of nitro groups is 1. The summed E-state index contributed by atoms with van der Waals surface area (Å²) in [6.45, 7) is 0. The first kappa shape index (κ1) is 7.93. The Morgan fingerprint density at radius 3 is 3.08 bits per heavy atom. The van der Waals surface area contributed by atoms with E-state index in [4.69, 9.17) is 0 Å². The van der Waals surface area contributed by atoms with Crippen molar-refractivity contribution in [3.05, 3.63) is 34.0 Å². The fourth-order valence-electron chi connectivity index (χ4n) is 1.04. The molecular weight excluding hydrogens is 190 g/mol. The van der Waals surface area contributed by atoms with Gasteiger partial charge in [-0.2, -0.15) is 5.10 Å². The zero-order valence-corrected chi connectivity index (χ0v) is 7.25. The average Bonchev–Trinajstić information content (AvgIpc) is 2.74. The zero-order chi connectivity index (χ0) is 9.26. The molecule has 2 aromatic heterocycles. The quantitative estimate of drug-likeness (QED) is 0.588. The molecule has 66 valence electrons. The highest BCUT2D eigenvalue weighted by Gasteiger charge is 2.16. The maximum absolute atomic E-state index is 10.6. The van der Waals surface area contributed by atoms with Gasteiger partial charge in [0.05, 0.1) is 11.1 Å². The molecule has 5 nitrogen and oxygen atoms in total. The van der Waals surface area contributed by atoms with Crippen LogP contribution >= 0.6 is 11.3 Å². The lowest BCUT2D eigenvalue weighted by molar-refractivity contribution is -0.383. The highest BCUT2D eigenvalue weighted by molar-refractivity contribution is 7.14. The minimum Gasteiger partial charge on any atom is -0.285 e. The van der Waals surface area contributed by atoms with Crippen molar-refractivity contribution >= 4 is 17.0 Å². The van der Waals surface area contributed by atoms with Gasteiger partial charge in [-0.25, -0.2) is 0 Å². The van der Waals surface area contributed by atoms with Gasteiger partial charge >= 0.3 is 0 Å². The minimum atomic E-state index is -0.390. The molecule has 0 atom stereocenters. The van der Waals surface area contributed by atoms with E-state index in [1.807, 2.05) is 0 Å². The molecule has 6 heteroatoms. The topological polar surface area (TPSA) is 71.8 Å². The largest absolute Gasteiger partial charge is 0.287 e. The van der Waals surface area contributed by atoms with Gasteiger partial charge in [0, 0.05) is 17.8 Å². The van der Waals surface area contributed by atoms with E-state index in [1.54, 1.807) is 17.8 Å². The van der Waals surface area contributed by atoms with E-state index < -0.39 is 4.92 Å². The predicted molar refractivity (Wildman–Crippen MR) is 48.6 cm³/mol. The van der Waals surface area contributed by atoms with Crippen molar-refractivity contribution in [1.82, 2.24) is 10.2 Å². The molecule has 0 unspecified atom stereocenters. The van der Waals surface area contributed by atoms with Crippen LogP contribution in [-0.4, -0.2) is 15.1 Å². The van der Waals surface area contributed by atoms with Crippen molar-refractivity contribution in [2.75, 3.05) is 0 Å². The second kappa shape index (κ2) is 2.98. The third kappa shape index (κ3) is 1.31. The third-order valence-electron chi connectivity index (χ3n) is 1.60. The van der Waals surface area contributed by atoms with Gasteiger partial charge in [-0.05, 0) is 5.38 Å². The van der Waals surface area contributed by atoms with Crippen molar-refractivity contribution in [2.24, 2.45) is 0 Å². The first-order chi connectivity index (χ1) is 6.29. The summed E-state index contributed by atoms with van der Waals surface area (Å²) >= 11 is 1.33. The van der Waals surface area contributed by atoms with Gasteiger partial charge in [-0.1, -0.05) is 0 Å². The Balaban J connectivity index is 2.52. The van der Waals surface area contributed by atoms with Gasteiger partial charge < -0.3 is 0 Å². The number of rotatable bonds is 2. The van der Waals surface area contributed by atoms with Gasteiger partial charge in [0.15, 0.2) is 0 Å². The van der Waals surface area contributed by atoms with Gasteiger partial charge in [-0.3, -0.25) is 15.2 Å². The molecule has 0 aliphatic heterocycles. The number of H-pyrrole nitrogens is 1. The van der Waals surface area contributed by atoms with Crippen LogP contribution in [0.1, 0.15) is 0 Å². The number of nitrogens with one attached hydrogen (secondary N) is 1. The Hall–Kier alpha value is -1.69. The molecule has 0 bridgehead atoms. The maximum Gasteiger partial charge on any atom is 0.287 e. The molecule has 0 spiro atoms. The van der Waals surface area contributed by atoms with Crippen molar-refractivity contribution in [2.45, 2.75) is 0 Å². The molecule has 0 saturated carbocycles. The van der Waals surface area contributed by atoms with Crippen LogP contribution in [0.15, 0.2) is 23.8 Å². The Bertz CT molecular complexity index is 421. The summed E-state index contributed by atoms with van der Waals surface area (Å²) in [5.74, 6) is 0. The molecule has 2 aromatic rings. The summed E-state index contributed by atoms with van der Waals surface area (Å²) in [5.41, 5.74) is 0.883. The molecule has 0 aliphatic carbocycles. The van der Waals surface area contributed by atoms with E-state index in [-0.39, 0.29) is 5.69 Å². The fraction of sp³-hybridized carbons (Fsp3) is 0. The Morgan fingerprint density at radius 2 is 2.46 bits per heavy atom. The Morgan fingerprint density at radius 1 is 1.62 bits per heavy atom. The summed E-state index contributed by atoms with van der Waals surface area (Å²) in [6, 6.07) is 1.49. The lowest BCUT2D eigenvalue weighted by atomic mass is 10.3. The molecular formula is C7H5N3O2S. The van der Waals surface area contributed by atoms with Crippen molar-refractivity contribution < 1.29 is 4.92 Å². The molecule has 0 aromatic carbocycles. The molecule has 0 saturated heterocycles. The molecule has 1 N–H and O–H groups in total. The van der Waals surface area contributed by atoms with Crippen LogP contribution in [0.2, 0.25) is 0 Å². The summed E-state index contributed by atoms with van der Waals surface area (Å²) in [4.78, 5) is 10.8. The number of aromatic nitrogens is 2. The SMILES string of the molecule is O=[N+]([O-])c1ccsc1-c1cn[nH]c1. The van der Waals surface area contributed by atoms with E-state index in [9.17, 15) is 10.1 Å². The monoisotopic (exact) mass is 195 g/mol. The summed E-state index contributed by atoms with van der Waals surface area (Å²) in [6.07, 6.45) is 3.21. The number of thiophene rings is 1. The van der Waals surface area contributed by atoms with E-state index in [1.165, 1.54) is 17.4 Å². The standard InChI is InChI=1S/C7H5N3O2S/c11-10(12)6-1-2-13-7(6)5-3-8-9-4-5/h1-4H,(H,8,9). The Labute approximate surface area is 77.2 Å². The number of hydrogen-bond acceptors (Lipinski definition) is 4. The molecule has 2 heterocycles. The second-order valence-corrected chi connectivity index (χ2v) is 3.30. The predicted octanol–water partition coefficient (Wildman–Crippen LogP) is 2.05. The molecule has 0 amide bonds. The van der Waals surface area contributed by atoms with Gasteiger partial charge in [0.1, 0.15) is 4.88 Å². The van der Waals surface area contributed by atoms with Crippen LogP contribution in [-0.2, 0) is 0 Å². The van der Waals surface area contributed by atoms with Gasteiger partial charge in [0.2, 0.25) is 0 Å².